The fourth-order valence-electron chi connectivity index (χ4n) is 5.94. The van der Waals surface area contributed by atoms with Crippen LogP contribution in [0.2, 0.25) is 0 Å². The third kappa shape index (κ3) is 4.51. The SMILES string of the molecule is NC(=O)c1ccc(Br)c(-c2cc(N3CCC(F)(F)CC3)c3nc(N)ccc3c2)c1N1CCC2(CC1)CC2. The highest BCUT2D eigenvalue weighted by atomic mass is 79.9. The number of primary amides is 1. The Bertz CT molecular complexity index is 1390. The maximum atomic E-state index is 14.0. The van der Waals surface area contributed by atoms with Crippen molar-refractivity contribution in [1.29, 1.82) is 0 Å². The lowest BCUT2D eigenvalue weighted by atomic mass is 9.90. The molecule has 2 aromatic carbocycles. The molecule has 194 valence electrons. The van der Waals surface area contributed by atoms with Crippen LogP contribution in [0.3, 0.4) is 0 Å². The molecule has 1 aliphatic carbocycles. The lowest BCUT2D eigenvalue weighted by molar-refractivity contribution is -0.0220. The molecule has 1 saturated carbocycles. The van der Waals surface area contributed by atoms with Gasteiger partial charge in [0.15, 0.2) is 0 Å². The fourth-order valence-corrected chi connectivity index (χ4v) is 6.49. The number of nitrogen functional groups attached to an aromatic ring is 1. The Morgan fingerprint density at radius 2 is 1.59 bits per heavy atom. The summed E-state index contributed by atoms with van der Waals surface area (Å²) in [5, 5.41) is 0.858. The number of nitrogens with zero attached hydrogens (tertiary/aromatic N) is 3. The van der Waals surface area contributed by atoms with Crippen molar-refractivity contribution >= 4 is 49.9 Å². The van der Waals surface area contributed by atoms with Crippen LogP contribution >= 0.6 is 15.9 Å². The minimum absolute atomic E-state index is 0.206. The van der Waals surface area contributed by atoms with E-state index in [4.69, 9.17) is 11.5 Å². The van der Waals surface area contributed by atoms with Crippen molar-refractivity contribution in [2.75, 3.05) is 41.7 Å². The molecule has 37 heavy (non-hydrogen) atoms. The molecule has 1 amide bonds. The molecule has 3 heterocycles. The molecule has 1 aromatic heterocycles. The summed E-state index contributed by atoms with van der Waals surface area (Å²) in [5.41, 5.74) is 16.9. The summed E-state index contributed by atoms with van der Waals surface area (Å²) >= 11 is 3.75. The molecule has 1 spiro atoms. The van der Waals surface area contributed by atoms with Crippen LogP contribution in [-0.4, -0.2) is 43.0 Å². The number of alkyl halides is 2. The molecular formula is C28H30BrF2N5O. The highest BCUT2D eigenvalue weighted by Gasteiger charge is 2.45. The van der Waals surface area contributed by atoms with E-state index < -0.39 is 11.8 Å². The summed E-state index contributed by atoms with van der Waals surface area (Å²) in [5.74, 6) is -2.75. The number of anilines is 3. The fraction of sp³-hybridized carbons (Fsp3) is 0.429. The number of benzene rings is 2. The number of carbonyl (C=O) groups is 1. The molecule has 0 atom stereocenters. The molecule has 2 saturated heterocycles. The number of hydrogen-bond donors (Lipinski definition) is 2. The average Bonchev–Trinajstić information content (AvgIpc) is 3.62. The number of aromatic nitrogens is 1. The Morgan fingerprint density at radius 3 is 2.24 bits per heavy atom. The van der Waals surface area contributed by atoms with Crippen molar-refractivity contribution in [3.63, 3.8) is 0 Å². The Hall–Kier alpha value is -2.94. The molecule has 0 radical (unpaired) electrons. The maximum absolute atomic E-state index is 14.0. The van der Waals surface area contributed by atoms with Gasteiger partial charge in [-0.25, -0.2) is 13.8 Å². The molecule has 9 heteroatoms. The van der Waals surface area contributed by atoms with Crippen LogP contribution in [0.5, 0.6) is 0 Å². The predicted octanol–water partition coefficient (Wildman–Crippen LogP) is 5.96. The van der Waals surface area contributed by atoms with Crippen LogP contribution in [-0.2, 0) is 0 Å². The lowest BCUT2D eigenvalue weighted by Crippen LogP contribution is -2.39. The number of pyridine rings is 1. The number of nitrogens with two attached hydrogens (primary N) is 2. The van der Waals surface area contributed by atoms with Crippen molar-refractivity contribution in [1.82, 2.24) is 4.98 Å². The second kappa shape index (κ2) is 8.82. The number of hydrogen-bond acceptors (Lipinski definition) is 5. The molecule has 0 bridgehead atoms. The highest BCUT2D eigenvalue weighted by molar-refractivity contribution is 9.10. The minimum atomic E-state index is -2.66. The monoisotopic (exact) mass is 569 g/mol. The first-order chi connectivity index (χ1) is 17.6. The number of piperidine rings is 2. The molecule has 3 aromatic rings. The quantitative estimate of drug-likeness (QED) is 0.404. The van der Waals surface area contributed by atoms with Crippen LogP contribution in [0, 0.1) is 5.41 Å². The van der Waals surface area contributed by atoms with Gasteiger partial charge in [0.2, 0.25) is 0 Å². The van der Waals surface area contributed by atoms with Gasteiger partial charge in [0.1, 0.15) is 5.82 Å². The third-order valence-corrected chi connectivity index (χ3v) is 9.07. The van der Waals surface area contributed by atoms with E-state index in [0.29, 0.717) is 22.3 Å². The van der Waals surface area contributed by atoms with Crippen molar-refractivity contribution in [3.05, 3.63) is 46.4 Å². The summed E-state index contributed by atoms with van der Waals surface area (Å²) in [4.78, 5) is 21.4. The average molecular weight is 570 g/mol. The zero-order valence-corrected chi connectivity index (χ0v) is 22.2. The topological polar surface area (TPSA) is 88.5 Å². The first-order valence-electron chi connectivity index (χ1n) is 12.9. The molecule has 6 rings (SSSR count). The molecule has 6 nitrogen and oxygen atoms in total. The number of rotatable bonds is 4. The summed E-state index contributed by atoms with van der Waals surface area (Å²) in [6.45, 7) is 2.18. The van der Waals surface area contributed by atoms with E-state index in [1.54, 1.807) is 12.1 Å². The molecule has 2 aliphatic heterocycles. The van der Waals surface area contributed by atoms with Crippen molar-refractivity contribution < 1.29 is 13.6 Å². The summed E-state index contributed by atoms with van der Waals surface area (Å²) in [6, 6.07) is 11.3. The third-order valence-electron chi connectivity index (χ3n) is 8.41. The van der Waals surface area contributed by atoms with E-state index in [0.717, 1.165) is 58.3 Å². The van der Waals surface area contributed by atoms with E-state index in [9.17, 15) is 13.6 Å². The predicted molar refractivity (Wildman–Crippen MR) is 147 cm³/mol. The second-order valence-corrected chi connectivity index (χ2v) is 11.7. The van der Waals surface area contributed by atoms with E-state index >= 15 is 0 Å². The van der Waals surface area contributed by atoms with Gasteiger partial charge in [-0.05, 0) is 73.1 Å². The minimum Gasteiger partial charge on any atom is -0.384 e. The van der Waals surface area contributed by atoms with Gasteiger partial charge in [-0.15, -0.1) is 0 Å². The first kappa shape index (κ1) is 24.4. The molecule has 4 N–H and O–H groups in total. The van der Waals surface area contributed by atoms with E-state index in [2.05, 4.69) is 25.8 Å². The summed E-state index contributed by atoms with van der Waals surface area (Å²) < 4.78 is 28.8. The largest absolute Gasteiger partial charge is 0.384 e. The number of fused-ring (bicyclic) bond motifs is 1. The van der Waals surface area contributed by atoms with Gasteiger partial charge in [0, 0.05) is 54.4 Å². The Balaban J connectivity index is 1.52. The van der Waals surface area contributed by atoms with Gasteiger partial charge in [0.05, 0.1) is 22.5 Å². The second-order valence-electron chi connectivity index (χ2n) is 10.8. The molecule has 0 unspecified atom stereocenters. The summed E-state index contributed by atoms with van der Waals surface area (Å²) in [6.07, 6.45) is 4.36. The molecule has 3 fully saturated rings. The van der Waals surface area contributed by atoms with Gasteiger partial charge in [-0.3, -0.25) is 4.79 Å². The maximum Gasteiger partial charge on any atom is 0.251 e. The van der Waals surface area contributed by atoms with Crippen LogP contribution in [0.1, 0.15) is 48.9 Å². The lowest BCUT2D eigenvalue weighted by Gasteiger charge is -2.37. The Labute approximate surface area is 223 Å². The standard InChI is InChI=1S/C28H30BrF2N5O/c29-20-3-2-19(26(33)37)25(36-11-7-27(5-6-27)8-12-36)23(20)18-15-17-1-4-22(32)34-24(17)21(16-18)35-13-9-28(30,31)10-14-35/h1-4,15-16H,5-14H2,(H2,32,34)(H2,33,37). The van der Waals surface area contributed by atoms with Gasteiger partial charge in [0.25, 0.3) is 11.8 Å². The molecule has 3 aliphatic rings. The van der Waals surface area contributed by atoms with Crippen molar-refractivity contribution in [2.24, 2.45) is 11.1 Å². The van der Waals surface area contributed by atoms with Gasteiger partial charge in [-0.2, -0.15) is 0 Å². The van der Waals surface area contributed by atoms with Crippen molar-refractivity contribution in [3.8, 4) is 11.1 Å². The van der Waals surface area contributed by atoms with E-state index in [1.807, 2.05) is 29.2 Å². The first-order valence-corrected chi connectivity index (χ1v) is 13.6. The highest BCUT2D eigenvalue weighted by Crippen LogP contribution is 2.55. The van der Waals surface area contributed by atoms with Crippen LogP contribution < -0.4 is 21.3 Å². The smallest absolute Gasteiger partial charge is 0.251 e. The zero-order valence-electron chi connectivity index (χ0n) is 20.6. The van der Waals surface area contributed by atoms with Gasteiger partial charge >= 0.3 is 0 Å². The van der Waals surface area contributed by atoms with Crippen molar-refractivity contribution in [2.45, 2.75) is 44.4 Å². The normalized spacial score (nSPS) is 20.4. The molecular weight excluding hydrogens is 540 g/mol. The Morgan fingerprint density at radius 1 is 0.919 bits per heavy atom. The van der Waals surface area contributed by atoms with Gasteiger partial charge in [-0.1, -0.05) is 15.9 Å². The van der Waals surface area contributed by atoms with Gasteiger partial charge < -0.3 is 21.3 Å². The number of halogens is 3. The van der Waals surface area contributed by atoms with Crippen LogP contribution in [0.15, 0.2) is 40.9 Å². The number of amides is 1. The zero-order chi connectivity index (χ0) is 25.9. The van der Waals surface area contributed by atoms with E-state index in [1.165, 1.54) is 12.8 Å². The summed E-state index contributed by atoms with van der Waals surface area (Å²) in [7, 11) is 0. The van der Waals surface area contributed by atoms with E-state index in [-0.39, 0.29) is 25.9 Å². The Kier molecular flexibility index (Phi) is 5.82. The van der Waals surface area contributed by atoms with Crippen LogP contribution in [0.25, 0.3) is 22.0 Å². The van der Waals surface area contributed by atoms with Crippen LogP contribution in [0.4, 0.5) is 26.0 Å². The number of carbonyl (C=O) groups excluding carboxylic acids is 1.